The third kappa shape index (κ3) is 3.87. The number of carboxylic acid groups (broad SMARTS) is 1. The first-order valence-corrected chi connectivity index (χ1v) is 6.29. The second-order valence-electron chi connectivity index (χ2n) is 3.80. The SMILES string of the molecule is CC(CN)CSC(C(=O)O)c1ccccc1. The average Bonchev–Trinajstić information content (AvgIpc) is 2.30. The normalized spacial score (nSPS) is 14.4. The van der Waals surface area contributed by atoms with Crippen LogP contribution < -0.4 is 5.73 Å². The zero-order valence-corrected chi connectivity index (χ0v) is 10.1. The van der Waals surface area contributed by atoms with Gasteiger partial charge in [-0.05, 0) is 23.8 Å². The van der Waals surface area contributed by atoms with Gasteiger partial charge >= 0.3 is 5.97 Å². The Hall–Kier alpha value is -1.00. The van der Waals surface area contributed by atoms with Crippen LogP contribution in [0.15, 0.2) is 30.3 Å². The highest BCUT2D eigenvalue weighted by atomic mass is 32.2. The quantitative estimate of drug-likeness (QED) is 0.798. The van der Waals surface area contributed by atoms with E-state index in [1.165, 1.54) is 11.8 Å². The molecule has 0 aliphatic carbocycles. The van der Waals surface area contributed by atoms with E-state index in [9.17, 15) is 4.79 Å². The van der Waals surface area contributed by atoms with Gasteiger partial charge in [-0.3, -0.25) is 4.79 Å². The molecule has 0 aromatic heterocycles. The number of rotatable bonds is 6. The van der Waals surface area contributed by atoms with Crippen LogP contribution in [0.5, 0.6) is 0 Å². The van der Waals surface area contributed by atoms with Crippen molar-refractivity contribution in [3.8, 4) is 0 Å². The van der Waals surface area contributed by atoms with Crippen LogP contribution in [-0.4, -0.2) is 23.4 Å². The Kier molecular flexibility index (Phi) is 5.35. The summed E-state index contributed by atoms with van der Waals surface area (Å²) in [7, 11) is 0. The van der Waals surface area contributed by atoms with Crippen LogP contribution in [-0.2, 0) is 4.79 Å². The van der Waals surface area contributed by atoms with E-state index in [1.54, 1.807) is 0 Å². The number of benzene rings is 1. The molecular formula is C12H17NO2S. The molecular weight excluding hydrogens is 222 g/mol. The number of hydrogen-bond acceptors (Lipinski definition) is 3. The summed E-state index contributed by atoms with van der Waals surface area (Å²) in [6.45, 7) is 2.62. The van der Waals surface area contributed by atoms with E-state index < -0.39 is 11.2 Å². The van der Waals surface area contributed by atoms with Crippen LogP contribution >= 0.6 is 11.8 Å². The van der Waals surface area contributed by atoms with Crippen molar-refractivity contribution in [2.24, 2.45) is 11.7 Å². The highest BCUT2D eigenvalue weighted by Gasteiger charge is 2.20. The highest BCUT2D eigenvalue weighted by Crippen LogP contribution is 2.30. The van der Waals surface area contributed by atoms with E-state index in [-0.39, 0.29) is 0 Å². The van der Waals surface area contributed by atoms with Gasteiger partial charge in [0.05, 0.1) is 0 Å². The van der Waals surface area contributed by atoms with Crippen LogP contribution in [0.3, 0.4) is 0 Å². The second kappa shape index (κ2) is 6.55. The van der Waals surface area contributed by atoms with Gasteiger partial charge in [-0.25, -0.2) is 0 Å². The molecule has 4 heteroatoms. The maximum Gasteiger partial charge on any atom is 0.321 e. The first-order chi connectivity index (χ1) is 7.65. The molecule has 88 valence electrons. The fourth-order valence-corrected chi connectivity index (χ4v) is 2.42. The molecule has 16 heavy (non-hydrogen) atoms. The van der Waals surface area contributed by atoms with Crippen LogP contribution in [0.4, 0.5) is 0 Å². The monoisotopic (exact) mass is 239 g/mol. The lowest BCUT2D eigenvalue weighted by molar-refractivity contribution is -0.136. The lowest BCUT2D eigenvalue weighted by Crippen LogP contribution is -2.16. The van der Waals surface area contributed by atoms with Crippen molar-refractivity contribution < 1.29 is 9.90 Å². The van der Waals surface area contributed by atoms with E-state index in [0.717, 1.165) is 11.3 Å². The molecule has 0 heterocycles. The smallest absolute Gasteiger partial charge is 0.321 e. The van der Waals surface area contributed by atoms with Gasteiger partial charge in [0.1, 0.15) is 5.25 Å². The van der Waals surface area contributed by atoms with Crippen molar-refractivity contribution in [1.29, 1.82) is 0 Å². The number of thioether (sulfide) groups is 1. The van der Waals surface area contributed by atoms with E-state index in [2.05, 4.69) is 0 Å². The lowest BCUT2D eigenvalue weighted by Gasteiger charge is -2.14. The van der Waals surface area contributed by atoms with Crippen LogP contribution in [0.25, 0.3) is 0 Å². The zero-order valence-electron chi connectivity index (χ0n) is 9.30. The summed E-state index contributed by atoms with van der Waals surface area (Å²) < 4.78 is 0. The fraction of sp³-hybridized carbons (Fsp3) is 0.417. The molecule has 0 aliphatic heterocycles. The van der Waals surface area contributed by atoms with Gasteiger partial charge in [0.25, 0.3) is 0 Å². The zero-order chi connectivity index (χ0) is 12.0. The first-order valence-electron chi connectivity index (χ1n) is 5.24. The van der Waals surface area contributed by atoms with Gasteiger partial charge in [-0.2, -0.15) is 0 Å². The molecule has 3 N–H and O–H groups in total. The minimum absolute atomic E-state index is 0.343. The van der Waals surface area contributed by atoms with Crippen molar-refractivity contribution in [2.45, 2.75) is 12.2 Å². The minimum atomic E-state index is -0.791. The molecule has 1 aromatic carbocycles. The molecule has 0 bridgehead atoms. The summed E-state index contributed by atoms with van der Waals surface area (Å²) in [6, 6.07) is 9.30. The Labute approximate surface area is 100 Å². The van der Waals surface area contributed by atoms with Gasteiger partial charge < -0.3 is 10.8 Å². The molecule has 3 nitrogen and oxygen atoms in total. The van der Waals surface area contributed by atoms with E-state index in [4.69, 9.17) is 10.8 Å². The van der Waals surface area contributed by atoms with Gasteiger partial charge in [0, 0.05) is 0 Å². The largest absolute Gasteiger partial charge is 0.480 e. The topological polar surface area (TPSA) is 63.3 Å². The minimum Gasteiger partial charge on any atom is -0.480 e. The van der Waals surface area contributed by atoms with Crippen LogP contribution in [0.2, 0.25) is 0 Å². The number of carboxylic acids is 1. The Morgan fingerprint density at radius 1 is 1.44 bits per heavy atom. The number of hydrogen-bond donors (Lipinski definition) is 2. The molecule has 0 saturated heterocycles. The van der Waals surface area contributed by atoms with E-state index in [0.29, 0.717) is 12.5 Å². The van der Waals surface area contributed by atoms with Gasteiger partial charge in [0.2, 0.25) is 0 Å². The number of nitrogens with two attached hydrogens (primary N) is 1. The summed E-state index contributed by atoms with van der Waals surface area (Å²) in [4.78, 5) is 11.1. The fourth-order valence-electron chi connectivity index (χ4n) is 1.27. The Morgan fingerprint density at radius 3 is 2.56 bits per heavy atom. The van der Waals surface area contributed by atoms with Crippen molar-refractivity contribution >= 4 is 17.7 Å². The highest BCUT2D eigenvalue weighted by molar-refractivity contribution is 8.00. The standard InChI is InChI=1S/C12H17NO2S/c1-9(7-13)8-16-11(12(14)15)10-5-3-2-4-6-10/h2-6,9,11H,7-8,13H2,1H3,(H,14,15). The second-order valence-corrected chi connectivity index (χ2v) is 4.94. The van der Waals surface area contributed by atoms with Gasteiger partial charge in [-0.15, -0.1) is 11.8 Å². The summed E-state index contributed by atoms with van der Waals surface area (Å²) in [5.41, 5.74) is 6.35. The Bertz CT molecular complexity index is 329. The molecule has 0 spiro atoms. The van der Waals surface area contributed by atoms with Gasteiger partial charge in [0.15, 0.2) is 0 Å². The molecule has 0 amide bonds. The average molecular weight is 239 g/mol. The molecule has 0 radical (unpaired) electrons. The molecule has 1 rings (SSSR count). The van der Waals surface area contributed by atoms with Crippen LogP contribution in [0.1, 0.15) is 17.7 Å². The van der Waals surface area contributed by atoms with Crippen molar-refractivity contribution in [2.75, 3.05) is 12.3 Å². The van der Waals surface area contributed by atoms with Crippen molar-refractivity contribution in [3.63, 3.8) is 0 Å². The molecule has 0 fully saturated rings. The molecule has 2 unspecified atom stereocenters. The van der Waals surface area contributed by atoms with E-state index in [1.807, 2.05) is 37.3 Å². The summed E-state index contributed by atoms with van der Waals surface area (Å²) in [5, 5.41) is 8.67. The molecule has 0 aliphatic rings. The van der Waals surface area contributed by atoms with Crippen molar-refractivity contribution in [3.05, 3.63) is 35.9 Å². The maximum absolute atomic E-state index is 11.1. The van der Waals surface area contributed by atoms with Crippen LogP contribution in [0, 0.1) is 5.92 Å². The predicted molar refractivity (Wildman–Crippen MR) is 67.5 cm³/mol. The summed E-state index contributed by atoms with van der Waals surface area (Å²) in [6.07, 6.45) is 0. The third-order valence-corrected chi connectivity index (χ3v) is 3.85. The first kappa shape index (κ1) is 13.1. The number of aliphatic carboxylic acids is 1. The Morgan fingerprint density at radius 2 is 2.06 bits per heavy atom. The lowest BCUT2D eigenvalue weighted by atomic mass is 10.1. The summed E-state index contributed by atoms with van der Waals surface area (Å²) in [5.74, 6) is 0.318. The molecule has 1 aromatic rings. The third-order valence-electron chi connectivity index (χ3n) is 2.28. The Balaban J connectivity index is 2.66. The maximum atomic E-state index is 11.1. The molecule has 0 saturated carbocycles. The number of carbonyl (C=O) groups is 1. The van der Waals surface area contributed by atoms with E-state index >= 15 is 0 Å². The molecule has 2 atom stereocenters. The predicted octanol–water partition coefficient (Wildman–Crippen LogP) is 2.14. The van der Waals surface area contributed by atoms with Crippen molar-refractivity contribution in [1.82, 2.24) is 0 Å². The van der Waals surface area contributed by atoms with Gasteiger partial charge in [-0.1, -0.05) is 37.3 Å². The summed E-state index contributed by atoms with van der Waals surface area (Å²) >= 11 is 1.44.